The molecule has 1 aromatic heterocycles. The quantitative estimate of drug-likeness (QED) is 0.436. The zero-order valence-corrected chi connectivity index (χ0v) is 21.3. The van der Waals surface area contributed by atoms with Crippen molar-refractivity contribution in [1.82, 2.24) is 9.62 Å². The summed E-state index contributed by atoms with van der Waals surface area (Å²) in [6.45, 7) is -0.0341. The van der Waals surface area contributed by atoms with E-state index >= 15 is 0 Å². The van der Waals surface area contributed by atoms with E-state index in [4.69, 9.17) is 9.47 Å². The molecule has 2 atom stereocenters. The molecule has 190 valence electrons. The Balaban J connectivity index is 1.69. The van der Waals surface area contributed by atoms with Crippen LogP contribution in [0.15, 0.2) is 64.9 Å². The predicted octanol–water partition coefficient (Wildman–Crippen LogP) is 2.69. The summed E-state index contributed by atoms with van der Waals surface area (Å²) in [5.41, 5.74) is 1.61. The molecule has 1 amide bonds. The molecule has 0 saturated carbocycles. The number of carbonyl (C=O) groups is 2. The van der Waals surface area contributed by atoms with E-state index in [-0.39, 0.29) is 30.0 Å². The molecule has 2 heterocycles. The molecule has 0 saturated heterocycles. The van der Waals surface area contributed by atoms with Crippen molar-refractivity contribution in [3.8, 4) is 11.5 Å². The number of rotatable bonds is 9. The van der Waals surface area contributed by atoms with Crippen LogP contribution in [0.5, 0.6) is 11.5 Å². The van der Waals surface area contributed by atoms with Crippen LogP contribution in [0, 0.1) is 0 Å². The number of ether oxygens (including phenoxy) is 2. The number of hydrogen-bond acceptors (Lipinski definition) is 7. The average molecular weight is 531 g/mol. The number of nitrogens with one attached hydrogen (secondary N) is 1. The van der Waals surface area contributed by atoms with Gasteiger partial charge in [0.15, 0.2) is 11.5 Å². The van der Waals surface area contributed by atoms with Gasteiger partial charge in [-0.1, -0.05) is 30.3 Å². The number of nitrogens with zero attached hydrogens (tertiary/aromatic N) is 1. The van der Waals surface area contributed by atoms with Crippen LogP contribution in [0.2, 0.25) is 0 Å². The summed E-state index contributed by atoms with van der Waals surface area (Å²) >= 11 is 1.39. The average Bonchev–Trinajstić information content (AvgIpc) is 3.40. The summed E-state index contributed by atoms with van der Waals surface area (Å²) < 4.78 is 39.2. The molecule has 36 heavy (non-hydrogen) atoms. The third-order valence-electron chi connectivity index (χ3n) is 6.07. The Kier molecular flexibility index (Phi) is 7.62. The summed E-state index contributed by atoms with van der Waals surface area (Å²) in [5.74, 6) is -1.26. The summed E-state index contributed by atoms with van der Waals surface area (Å²) in [6, 6.07) is 12.8. The molecule has 2 aromatic carbocycles. The van der Waals surface area contributed by atoms with Crippen molar-refractivity contribution in [3.05, 3.63) is 76.0 Å². The van der Waals surface area contributed by atoms with Crippen LogP contribution in [-0.2, 0) is 39.0 Å². The number of aliphatic carboxylic acids is 1. The SMILES string of the molecule is COc1ccc(S(=O)(=O)N2Cc3ccccc3C[C@H]2C(=O)NC(Cc2cccs2)C(=O)O)cc1OC. The second-order valence-electron chi connectivity index (χ2n) is 8.24. The maximum Gasteiger partial charge on any atom is 0.326 e. The minimum atomic E-state index is -4.17. The number of amides is 1. The predicted molar refractivity (Wildman–Crippen MR) is 134 cm³/mol. The maximum absolute atomic E-state index is 13.8. The van der Waals surface area contributed by atoms with Gasteiger partial charge in [0.05, 0.1) is 19.1 Å². The number of sulfonamides is 1. The smallest absolute Gasteiger partial charge is 0.326 e. The summed E-state index contributed by atoms with van der Waals surface area (Å²) in [4.78, 5) is 26.1. The van der Waals surface area contributed by atoms with Crippen molar-refractivity contribution in [3.63, 3.8) is 0 Å². The van der Waals surface area contributed by atoms with Gasteiger partial charge in [-0.05, 0) is 41.1 Å². The van der Waals surface area contributed by atoms with Crippen molar-refractivity contribution < 1.29 is 32.6 Å². The van der Waals surface area contributed by atoms with Gasteiger partial charge in [0, 0.05) is 23.9 Å². The number of carbonyl (C=O) groups excluding carboxylic acids is 1. The lowest BCUT2D eigenvalue weighted by Gasteiger charge is -2.35. The molecule has 0 spiro atoms. The number of carboxylic acids is 1. The molecule has 3 aromatic rings. The molecule has 4 rings (SSSR count). The van der Waals surface area contributed by atoms with Crippen molar-refractivity contribution in [2.45, 2.75) is 36.4 Å². The van der Waals surface area contributed by atoms with Crippen LogP contribution in [-0.4, -0.2) is 56.0 Å². The topological polar surface area (TPSA) is 122 Å². The van der Waals surface area contributed by atoms with Gasteiger partial charge < -0.3 is 19.9 Å². The van der Waals surface area contributed by atoms with Crippen LogP contribution in [0.4, 0.5) is 0 Å². The van der Waals surface area contributed by atoms with E-state index in [1.165, 1.54) is 43.8 Å². The number of fused-ring (bicyclic) bond motifs is 1. The van der Waals surface area contributed by atoms with Gasteiger partial charge in [0.25, 0.3) is 0 Å². The minimum absolute atomic E-state index is 0.0341. The Hall–Kier alpha value is -3.41. The summed E-state index contributed by atoms with van der Waals surface area (Å²) in [7, 11) is -1.32. The van der Waals surface area contributed by atoms with Crippen molar-refractivity contribution in [2.75, 3.05) is 14.2 Å². The fraction of sp³-hybridized carbons (Fsp3) is 0.280. The van der Waals surface area contributed by atoms with E-state index in [0.717, 1.165) is 20.3 Å². The van der Waals surface area contributed by atoms with E-state index in [1.54, 1.807) is 12.1 Å². The van der Waals surface area contributed by atoms with Crippen molar-refractivity contribution in [1.29, 1.82) is 0 Å². The number of benzene rings is 2. The van der Waals surface area contributed by atoms with Crippen molar-refractivity contribution >= 4 is 33.2 Å². The first-order valence-electron chi connectivity index (χ1n) is 11.1. The molecule has 1 aliphatic rings. The van der Waals surface area contributed by atoms with Gasteiger partial charge in [0.1, 0.15) is 12.1 Å². The first kappa shape index (κ1) is 25.7. The van der Waals surface area contributed by atoms with E-state index in [1.807, 2.05) is 29.6 Å². The lowest BCUT2D eigenvalue weighted by Crippen LogP contribution is -2.55. The zero-order chi connectivity index (χ0) is 25.9. The fourth-order valence-corrected chi connectivity index (χ4v) is 6.52. The van der Waals surface area contributed by atoms with E-state index in [0.29, 0.717) is 5.75 Å². The molecule has 2 N–H and O–H groups in total. The molecule has 11 heteroatoms. The summed E-state index contributed by atoms with van der Waals surface area (Å²) in [5, 5.41) is 14.1. The molecule has 1 unspecified atom stereocenters. The third-order valence-corrected chi connectivity index (χ3v) is 8.82. The van der Waals surface area contributed by atoms with Gasteiger partial charge in [-0.3, -0.25) is 4.79 Å². The Morgan fingerprint density at radius 3 is 2.44 bits per heavy atom. The minimum Gasteiger partial charge on any atom is -0.493 e. The highest BCUT2D eigenvalue weighted by Gasteiger charge is 2.41. The standard InChI is InChI=1S/C25H26N2O7S2/c1-33-22-10-9-19(14-23(22)34-2)36(31,32)27-15-17-7-4-3-6-16(17)12-21(27)24(28)26-20(25(29)30)13-18-8-5-11-35-18/h3-11,14,20-21H,12-13,15H2,1-2H3,(H,26,28)(H,29,30)/t20?,21-/m0/s1. The first-order chi connectivity index (χ1) is 17.2. The second-order valence-corrected chi connectivity index (χ2v) is 11.2. The zero-order valence-electron chi connectivity index (χ0n) is 19.7. The Labute approximate surface area is 213 Å². The highest BCUT2D eigenvalue weighted by molar-refractivity contribution is 7.89. The molecular weight excluding hydrogens is 504 g/mol. The molecular formula is C25H26N2O7S2. The number of thiophene rings is 1. The van der Waals surface area contributed by atoms with Crippen LogP contribution in [0.1, 0.15) is 16.0 Å². The highest BCUT2D eigenvalue weighted by atomic mass is 32.2. The van der Waals surface area contributed by atoms with Gasteiger partial charge in [-0.15, -0.1) is 11.3 Å². The molecule has 0 fully saturated rings. The fourth-order valence-electron chi connectivity index (χ4n) is 4.19. The van der Waals surface area contributed by atoms with E-state index in [2.05, 4.69) is 5.32 Å². The highest BCUT2D eigenvalue weighted by Crippen LogP contribution is 2.34. The Morgan fingerprint density at radius 1 is 1.08 bits per heavy atom. The van der Waals surface area contributed by atoms with Gasteiger partial charge in [0.2, 0.25) is 15.9 Å². The van der Waals surface area contributed by atoms with E-state index in [9.17, 15) is 23.1 Å². The molecule has 0 radical (unpaired) electrons. The molecule has 0 aliphatic carbocycles. The number of methoxy groups -OCH3 is 2. The number of hydrogen-bond donors (Lipinski definition) is 2. The van der Waals surface area contributed by atoms with Crippen LogP contribution in [0.3, 0.4) is 0 Å². The molecule has 1 aliphatic heterocycles. The first-order valence-corrected chi connectivity index (χ1v) is 13.4. The lowest BCUT2D eigenvalue weighted by molar-refractivity contribution is -0.142. The van der Waals surface area contributed by atoms with E-state index < -0.39 is 34.0 Å². The lowest BCUT2D eigenvalue weighted by atomic mass is 9.95. The Morgan fingerprint density at radius 2 is 1.81 bits per heavy atom. The summed E-state index contributed by atoms with van der Waals surface area (Å²) in [6.07, 6.45) is 0.213. The molecule has 9 nitrogen and oxygen atoms in total. The van der Waals surface area contributed by atoms with Crippen LogP contribution < -0.4 is 14.8 Å². The van der Waals surface area contributed by atoms with Crippen LogP contribution >= 0.6 is 11.3 Å². The third kappa shape index (κ3) is 5.23. The monoisotopic (exact) mass is 530 g/mol. The molecule has 0 bridgehead atoms. The van der Waals surface area contributed by atoms with Crippen molar-refractivity contribution in [2.24, 2.45) is 0 Å². The maximum atomic E-state index is 13.8. The normalized spacial score (nSPS) is 16.6. The van der Waals surface area contributed by atoms with Crippen LogP contribution in [0.25, 0.3) is 0 Å². The Bertz CT molecular complexity index is 1360. The number of carboxylic acid groups (broad SMARTS) is 1. The largest absolute Gasteiger partial charge is 0.493 e. The van der Waals surface area contributed by atoms with Gasteiger partial charge in [-0.25, -0.2) is 13.2 Å². The van der Waals surface area contributed by atoms with Gasteiger partial charge in [-0.2, -0.15) is 4.31 Å². The van der Waals surface area contributed by atoms with Gasteiger partial charge >= 0.3 is 5.97 Å². The second kappa shape index (κ2) is 10.7.